The molecule has 0 saturated heterocycles. The standard InChI is InChI=1S/C20H36N6O7.C10H14O.C4H6N2.C2H7O4P/c1-5-6-26(13(4)28)10-18(31)24-14(7-12(2)3)19(32)23-9-17(30)25-15(11-27)20(33)22-8-16(21)29;11-9-5-4-8-10-6-2-1-3-7-10;1-4-2-5-3-6-4;1-2-6-7(3,4)5/h12,14-15,27H,5-11H2,1-4H3,(H2,21,29)(H,22,33)(H,23,32)(H,24,31)(H,25,30);1-3,6-7,11H,4-5,8-9H2;2-3H,1H3,(H,5,6);2H2,1H3,(H2,3,4,5). The molecule has 21 heteroatoms. The molecule has 0 radical (unpaired) electrons. The van der Waals surface area contributed by atoms with Crippen LogP contribution in [-0.2, 0) is 44.3 Å². The van der Waals surface area contributed by atoms with Gasteiger partial charge in [0, 0.05) is 32.0 Å². The second-order valence-corrected chi connectivity index (χ2v) is 13.9. The van der Waals surface area contributed by atoms with Crippen LogP contribution in [0.25, 0.3) is 0 Å². The van der Waals surface area contributed by atoms with Gasteiger partial charge in [-0.1, -0.05) is 51.1 Å². The minimum Gasteiger partial charge on any atom is -0.396 e. The summed E-state index contributed by atoms with van der Waals surface area (Å²) in [4.78, 5) is 95.0. The minimum atomic E-state index is -4.17. The monoisotopic (exact) mass is 830 g/mol. The van der Waals surface area contributed by atoms with Crippen LogP contribution >= 0.6 is 7.82 Å². The molecule has 0 saturated carbocycles. The van der Waals surface area contributed by atoms with Gasteiger partial charge in [0.25, 0.3) is 0 Å². The molecule has 1 aromatic heterocycles. The summed E-state index contributed by atoms with van der Waals surface area (Å²) < 4.78 is 13.6. The van der Waals surface area contributed by atoms with Crippen molar-refractivity contribution in [3.8, 4) is 0 Å². The lowest BCUT2D eigenvalue weighted by atomic mass is 10.0. The van der Waals surface area contributed by atoms with Crippen molar-refractivity contribution in [2.24, 2.45) is 11.7 Å². The molecule has 0 aliphatic heterocycles. The van der Waals surface area contributed by atoms with E-state index in [0.29, 0.717) is 26.0 Å². The van der Waals surface area contributed by atoms with Crippen LogP contribution in [-0.4, -0.2) is 128 Å². The number of H-pyrrole nitrogens is 1. The molecule has 2 aromatic rings. The molecule has 0 bridgehead atoms. The first-order chi connectivity index (χ1) is 26.8. The summed E-state index contributed by atoms with van der Waals surface area (Å²) in [5, 5.41) is 27.1. The summed E-state index contributed by atoms with van der Waals surface area (Å²) in [5.41, 5.74) is 7.39. The van der Waals surface area contributed by atoms with E-state index < -0.39 is 69.1 Å². The molecule has 0 aliphatic rings. The molecule has 6 amide bonds. The number of amides is 6. The molecule has 20 nitrogen and oxygen atoms in total. The van der Waals surface area contributed by atoms with Crippen LogP contribution < -0.4 is 27.0 Å². The van der Waals surface area contributed by atoms with E-state index in [9.17, 15) is 38.4 Å². The van der Waals surface area contributed by atoms with Crippen molar-refractivity contribution >= 4 is 43.3 Å². The Morgan fingerprint density at radius 2 is 1.53 bits per heavy atom. The fourth-order valence-electron chi connectivity index (χ4n) is 4.34. The number of carbonyl (C=O) groups excluding carboxylic acids is 6. The van der Waals surface area contributed by atoms with Crippen LogP contribution in [0.15, 0.2) is 42.9 Å². The Morgan fingerprint density at radius 1 is 0.930 bits per heavy atom. The number of rotatable bonds is 21. The second-order valence-electron chi connectivity index (χ2n) is 12.7. The number of nitrogens with one attached hydrogen (secondary N) is 5. The molecule has 0 fully saturated rings. The third-order valence-electron chi connectivity index (χ3n) is 6.98. The van der Waals surface area contributed by atoms with E-state index in [-0.39, 0.29) is 25.0 Å². The van der Waals surface area contributed by atoms with Gasteiger partial charge in [-0.2, -0.15) is 0 Å². The third-order valence-corrected chi connectivity index (χ3v) is 7.57. The summed E-state index contributed by atoms with van der Waals surface area (Å²) >= 11 is 0. The van der Waals surface area contributed by atoms with Gasteiger partial charge in [0.05, 0.1) is 39.2 Å². The number of imidazole rings is 1. The van der Waals surface area contributed by atoms with E-state index in [0.717, 1.165) is 25.0 Å². The van der Waals surface area contributed by atoms with Crippen molar-refractivity contribution in [1.82, 2.24) is 36.1 Å². The maximum atomic E-state index is 12.6. The predicted molar refractivity (Wildman–Crippen MR) is 212 cm³/mol. The van der Waals surface area contributed by atoms with Crippen molar-refractivity contribution in [1.29, 1.82) is 0 Å². The number of aliphatic hydroxyl groups excluding tert-OH is 2. The number of hydrogen-bond donors (Lipinski definition) is 10. The van der Waals surface area contributed by atoms with E-state index in [2.05, 4.69) is 47.9 Å². The molecular formula is C36H63N8O12P. The van der Waals surface area contributed by atoms with Crippen LogP contribution in [0.1, 0.15) is 71.6 Å². The summed E-state index contributed by atoms with van der Waals surface area (Å²) in [5.74, 6) is -3.71. The number of phosphoric acid groups is 1. The Kier molecular flexibility index (Phi) is 30.9. The molecule has 57 heavy (non-hydrogen) atoms. The molecule has 11 N–H and O–H groups in total. The zero-order valence-corrected chi connectivity index (χ0v) is 34.6. The van der Waals surface area contributed by atoms with Crippen molar-refractivity contribution in [2.75, 3.05) is 46.0 Å². The maximum absolute atomic E-state index is 12.6. The van der Waals surface area contributed by atoms with Gasteiger partial charge in [0.2, 0.25) is 35.4 Å². The molecule has 0 aliphatic carbocycles. The predicted octanol–water partition coefficient (Wildman–Crippen LogP) is -0.194. The Hall–Kier alpha value is -4.72. The molecule has 2 atom stereocenters. The number of aromatic nitrogens is 2. The quantitative estimate of drug-likeness (QED) is 0.0577. The highest BCUT2D eigenvalue weighted by Crippen LogP contribution is 2.34. The summed E-state index contributed by atoms with van der Waals surface area (Å²) in [6, 6.07) is 8.09. The van der Waals surface area contributed by atoms with Gasteiger partial charge >= 0.3 is 7.82 Å². The van der Waals surface area contributed by atoms with Crippen LogP contribution in [0.2, 0.25) is 0 Å². The molecule has 2 rings (SSSR count). The Balaban J connectivity index is 0. The number of hydrogen-bond acceptors (Lipinski definition) is 11. The first-order valence-electron chi connectivity index (χ1n) is 18.4. The van der Waals surface area contributed by atoms with Crippen molar-refractivity contribution in [3.05, 3.63) is 54.1 Å². The van der Waals surface area contributed by atoms with E-state index in [1.807, 2.05) is 45.9 Å². The lowest BCUT2D eigenvalue weighted by Crippen LogP contribution is -2.54. The summed E-state index contributed by atoms with van der Waals surface area (Å²) in [7, 11) is -4.17. The SMILES string of the molecule is CCCN(CC(=O)NC(CC(C)C)C(=O)NCC(=O)NC(CO)C(=O)NCC(N)=O)C(C)=O.CCOP(=O)(O)O.Cc1cnc[nH]1.OCCCCc1ccccc1. The first kappa shape index (κ1) is 54.4. The zero-order valence-electron chi connectivity index (χ0n) is 33.7. The highest BCUT2D eigenvalue weighted by atomic mass is 31.2. The maximum Gasteiger partial charge on any atom is 0.469 e. The van der Waals surface area contributed by atoms with Gasteiger partial charge in [0.1, 0.15) is 12.1 Å². The number of benzene rings is 1. The Morgan fingerprint density at radius 3 is 1.95 bits per heavy atom. The number of carbonyl (C=O) groups is 6. The molecule has 324 valence electrons. The first-order valence-corrected chi connectivity index (χ1v) is 19.9. The molecule has 2 unspecified atom stereocenters. The zero-order chi connectivity index (χ0) is 43.8. The van der Waals surface area contributed by atoms with Crippen molar-refractivity contribution in [2.45, 2.75) is 85.7 Å². The number of unbranched alkanes of at least 4 members (excludes halogenated alkanes) is 1. The summed E-state index contributed by atoms with van der Waals surface area (Å²) in [6.07, 6.45) is 7.49. The largest absolute Gasteiger partial charge is 0.469 e. The van der Waals surface area contributed by atoms with Crippen LogP contribution in [0.3, 0.4) is 0 Å². The summed E-state index contributed by atoms with van der Waals surface area (Å²) in [6.45, 7) is 9.28. The van der Waals surface area contributed by atoms with E-state index in [1.54, 1.807) is 12.5 Å². The average Bonchev–Trinajstić information content (AvgIpc) is 3.62. The molecule has 1 aromatic carbocycles. The molecule has 1 heterocycles. The number of phosphoric ester groups is 1. The number of primary amides is 1. The van der Waals surface area contributed by atoms with E-state index >= 15 is 0 Å². The Labute approximate surface area is 334 Å². The number of aryl methyl sites for hydroxylation is 2. The fraction of sp³-hybridized carbons (Fsp3) is 0.583. The van der Waals surface area contributed by atoms with E-state index in [4.69, 9.17) is 20.6 Å². The smallest absolute Gasteiger partial charge is 0.396 e. The second kappa shape index (κ2) is 32.4. The van der Waals surface area contributed by atoms with Gasteiger partial charge in [-0.05, 0) is 57.4 Å². The fourth-order valence-corrected chi connectivity index (χ4v) is 4.68. The minimum absolute atomic E-state index is 0.0437. The lowest BCUT2D eigenvalue weighted by Gasteiger charge is -2.24. The number of nitrogens with zero attached hydrogens (tertiary/aromatic N) is 2. The van der Waals surface area contributed by atoms with Gasteiger partial charge in [0.15, 0.2) is 0 Å². The lowest BCUT2D eigenvalue weighted by molar-refractivity contribution is -0.136. The van der Waals surface area contributed by atoms with Gasteiger partial charge < -0.3 is 56.9 Å². The van der Waals surface area contributed by atoms with Gasteiger partial charge in [-0.25, -0.2) is 9.55 Å². The van der Waals surface area contributed by atoms with Gasteiger partial charge in [-0.3, -0.25) is 33.3 Å². The van der Waals surface area contributed by atoms with E-state index in [1.165, 1.54) is 24.3 Å². The van der Waals surface area contributed by atoms with Crippen molar-refractivity contribution in [3.63, 3.8) is 0 Å². The number of aliphatic hydroxyl groups is 2. The topological polar surface area (TPSA) is 316 Å². The van der Waals surface area contributed by atoms with Crippen LogP contribution in [0.4, 0.5) is 0 Å². The average molecular weight is 831 g/mol. The number of aromatic amines is 1. The number of nitrogens with two attached hydrogens (primary N) is 1. The highest BCUT2D eigenvalue weighted by molar-refractivity contribution is 7.46. The van der Waals surface area contributed by atoms with Crippen molar-refractivity contribution < 1.29 is 57.9 Å². The van der Waals surface area contributed by atoms with Gasteiger partial charge in [-0.15, -0.1) is 0 Å². The molecule has 0 spiro atoms. The Bertz CT molecular complexity index is 1480. The third kappa shape index (κ3) is 32.1. The van der Waals surface area contributed by atoms with Crippen LogP contribution in [0.5, 0.6) is 0 Å². The van der Waals surface area contributed by atoms with Crippen LogP contribution in [0, 0.1) is 12.8 Å². The molecular weight excluding hydrogens is 767 g/mol. The highest BCUT2D eigenvalue weighted by Gasteiger charge is 2.25. The normalized spacial score (nSPS) is 11.4.